The van der Waals surface area contributed by atoms with E-state index in [4.69, 9.17) is 10.2 Å². The zero-order chi connectivity index (χ0) is 12.0. The molecular weight excluding hydrogens is 264 g/mol. The van der Waals surface area contributed by atoms with Crippen LogP contribution in [-0.2, 0) is 21.9 Å². The van der Waals surface area contributed by atoms with E-state index in [0.717, 1.165) is 0 Å². The van der Waals surface area contributed by atoms with Crippen molar-refractivity contribution in [2.24, 2.45) is 0 Å². The van der Waals surface area contributed by atoms with Crippen LogP contribution in [0.4, 0.5) is 0 Å². The minimum Gasteiger partial charge on any atom is -0.535 e. The molecule has 0 aliphatic heterocycles. The maximum Gasteiger partial charge on any atom is 2.00 e. The SMILES string of the molecule is O=C(O)C1=[C-]CC=C1.O=C(O)c1ccc[cH-]1.[Fe+2]. The van der Waals surface area contributed by atoms with Gasteiger partial charge in [0.2, 0.25) is 11.9 Å². The molecule has 5 heteroatoms. The first-order valence-corrected chi connectivity index (χ1v) is 4.57. The van der Waals surface area contributed by atoms with Crippen molar-refractivity contribution in [2.75, 3.05) is 0 Å². The molecule has 0 radical (unpaired) electrons. The Morgan fingerprint density at radius 3 is 2.24 bits per heavy atom. The van der Waals surface area contributed by atoms with Gasteiger partial charge in [-0.2, -0.15) is 30.4 Å². The molecule has 0 aromatic heterocycles. The molecule has 0 fully saturated rings. The summed E-state index contributed by atoms with van der Waals surface area (Å²) in [6.07, 6.45) is 6.63. The molecule has 2 N–H and O–H groups in total. The van der Waals surface area contributed by atoms with Crippen molar-refractivity contribution in [2.45, 2.75) is 6.42 Å². The fourth-order valence-corrected chi connectivity index (χ4v) is 1.07. The van der Waals surface area contributed by atoms with E-state index in [0.29, 0.717) is 12.0 Å². The summed E-state index contributed by atoms with van der Waals surface area (Å²) >= 11 is 0. The average molecular weight is 274 g/mol. The standard InChI is InChI=1S/2C6H5O2.Fe/c2*7-6(8)5-3-1-2-4-5;/h1,3H,2H2,(H,7,8);1-4H,(H,7,8);/q2*-1;+2. The Kier molecular flexibility index (Phi) is 6.79. The third-order valence-corrected chi connectivity index (χ3v) is 1.83. The zero-order valence-electron chi connectivity index (χ0n) is 8.74. The molecule has 90 valence electrons. The molecule has 0 spiro atoms. The van der Waals surface area contributed by atoms with Gasteiger partial charge in [0.15, 0.2) is 0 Å². The van der Waals surface area contributed by atoms with Gasteiger partial charge in [-0.25, -0.2) is 0 Å². The molecule has 1 aliphatic carbocycles. The number of carboxylic acids is 2. The summed E-state index contributed by atoms with van der Waals surface area (Å²) in [6.45, 7) is 0. The maximum atomic E-state index is 10.1. The number of carboxylic acid groups (broad SMARTS) is 2. The van der Waals surface area contributed by atoms with Crippen LogP contribution in [0.1, 0.15) is 16.8 Å². The Hall–Kier alpha value is -1.71. The molecule has 2 rings (SSSR count). The molecule has 0 bridgehead atoms. The quantitative estimate of drug-likeness (QED) is 0.637. The van der Waals surface area contributed by atoms with Gasteiger partial charge in [-0.05, 0) is 0 Å². The van der Waals surface area contributed by atoms with E-state index in [1.165, 1.54) is 0 Å². The largest absolute Gasteiger partial charge is 2.00 e. The molecular formula is C12H10FeO4. The van der Waals surface area contributed by atoms with Crippen molar-refractivity contribution in [1.29, 1.82) is 0 Å². The second-order valence-corrected chi connectivity index (χ2v) is 2.98. The Labute approximate surface area is 109 Å². The molecule has 4 nitrogen and oxygen atoms in total. The topological polar surface area (TPSA) is 74.6 Å². The third kappa shape index (κ3) is 5.24. The van der Waals surface area contributed by atoms with Crippen LogP contribution < -0.4 is 0 Å². The van der Waals surface area contributed by atoms with Crippen LogP contribution >= 0.6 is 0 Å². The number of aliphatic carboxylic acids is 1. The molecule has 1 aromatic carbocycles. The predicted molar refractivity (Wildman–Crippen MR) is 57.1 cm³/mol. The van der Waals surface area contributed by atoms with Crippen molar-refractivity contribution in [3.8, 4) is 0 Å². The fraction of sp³-hybridized carbons (Fsp3) is 0.0833. The normalized spacial score (nSPS) is 11.9. The Morgan fingerprint density at radius 1 is 1.29 bits per heavy atom. The Balaban J connectivity index is 0.000000284. The number of aromatic carboxylic acids is 1. The summed E-state index contributed by atoms with van der Waals surface area (Å²) in [7, 11) is 0. The van der Waals surface area contributed by atoms with Gasteiger partial charge in [-0.3, -0.25) is 0 Å². The van der Waals surface area contributed by atoms with Crippen LogP contribution in [0.25, 0.3) is 0 Å². The van der Waals surface area contributed by atoms with Crippen LogP contribution in [0.2, 0.25) is 0 Å². The number of hydrogen-bond donors (Lipinski definition) is 2. The molecule has 0 heterocycles. The number of hydrogen-bond acceptors (Lipinski definition) is 2. The van der Waals surface area contributed by atoms with E-state index in [-0.39, 0.29) is 22.6 Å². The summed E-state index contributed by atoms with van der Waals surface area (Å²) in [5.74, 6) is -1.76. The van der Waals surface area contributed by atoms with Gasteiger partial charge in [0.05, 0.1) is 0 Å². The number of rotatable bonds is 2. The first kappa shape index (κ1) is 15.3. The van der Waals surface area contributed by atoms with Crippen LogP contribution in [-0.4, -0.2) is 22.2 Å². The van der Waals surface area contributed by atoms with Crippen LogP contribution in [0, 0.1) is 6.08 Å². The van der Waals surface area contributed by atoms with Gasteiger partial charge >= 0.3 is 17.1 Å². The van der Waals surface area contributed by atoms with Crippen molar-refractivity contribution in [3.05, 3.63) is 53.6 Å². The number of allylic oxidation sites excluding steroid dienone is 2. The van der Waals surface area contributed by atoms with Gasteiger partial charge in [0.1, 0.15) is 0 Å². The first-order valence-electron chi connectivity index (χ1n) is 4.57. The summed E-state index contributed by atoms with van der Waals surface area (Å²) in [6, 6.07) is 6.51. The van der Waals surface area contributed by atoms with Crippen molar-refractivity contribution in [3.63, 3.8) is 0 Å². The molecule has 0 saturated carbocycles. The minimum atomic E-state index is -0.890. The van der Waals surface area contributed by atoms with Gasteiger partial charge in [0, 0.05) is 0 Å². The third-order valence-electron chi connectivity index (χ3n) is 1.83. The van der Waals surface area contributed by atoms with Crippen LogP contribution in [0.15, 0.2) is 42.0 Å². The summed E-state index contributed by atoms with van der Waals surface area (Å²) in [5.41, 5.74) is 0.634. The first-order chi connectivity index (χ1) is 7.61. The van der Waals surface area contributed by atoms with Crippen LogP contribution in [0.3, 0.4) is 0 Å². The maximum absolute atomic E-state index is 10.1. The fourth-order valence-electron chi connectivity index (χ4n) is 1.07. The molecule has 17 heavy (non-hydrogen) atoms. The minimum absolute atomic E-state index is 0. The van der Waals surface area contributed by atoms with Gasteiger partial charge in [-0.1, -0.05) is 12.0 Å². The van der Waals surface area contributed by atoms with Crippen molar-refractivity contribution >= 4 is 11.9 Å². The van der Waals surface area contributed by atoms with Gasteiger partial charge in [0.25, 0.3) is 0 Å². The van der Waals surface area contributed by atoms with Crippen molar-refractivity contribution in [1.82, 2.24) is 0 Å². The molecule has 1 aromatic rings. The van der Waals surface area contributed by atoms with Crippen molar-refractivity contribution < 1.29 is 36.9 Å². The summed E-state index contributed by atoms with van der Waals surface area (Å²) < 4.78 is 0. The van der Waals surface area contributed by atoms with Crippen LogP contribution in [0.5, 0.6) is 0 Å². The monoisotopic (exact) mass is 274 g/mol. The zero-order valence-corrected chi connectivity index (χ0v) is 9.84. The smallest absolute Gasteiger partial charge is 0.535 e. The molecule has 0 amide bonds. The Bertz CT molecular complexity index is 429. The van der Waals surface area contributed by atoms with E-state index in [9.17, 15) is 9.59 Å². The molecule has 0 unspecified atom stereocenters. The summed E-state index contributed by atoms with van der Waals surface area (Å²) in [5, 5.41) is 16.5. The molecule has 0 saturated heterocycles. The van der Waals surface area contributed by atoms with E-state index in [1.54, 1.807) is 36.4 Å². The van der Waals surface area contributed by atoms with E-state index in [1.807, 2.05) is 0 Å². The predicted octanol–water partition coefficient (Wildman–Crippen LogP) is 1.86. The van der Waals surface area contributed by atoms with E-state index in [2.05, 4.69) is 6.08 Å². The number of carbonyl (C=O) groups is 2. The van der Waals surface area contributed by atoms with Gasteiger partial charge in [-0.15, -0.1) is 17.7 Å². The molecule has 1 aliphatic rings. The van der Waals surface area contributed by atoms with E-state index < -0.39 is 11.9 Å². The summed E-state index contributed by atoms with van der Waals surface area (Å²) in [4.78, 5) is 20.1. The van der Waals surface area contributed by atoms with Gasteiger partial charge < -0.3 is 19.8 Å². The Morgan fingerprint density at radius 2 is 2.00 bits per heavy atom. The second-order valence-electron chi connectivity index (χ2n) is 2.98. The average Bonchev–Trinajstić information content (AvgIpc) is 2.93. The van der Waals surface area contributed by atoms with E-state index >= 15 is 0 Å². The molecule has 0 atom stereocenters. The second kappa shape index (κ2) is 7.54.